The van der Waals surface area contributed by atoms with Crippen LogP contribution in [0.1, 0.15) is 13.8 Å². The number of hydrogen-bond acceptors (Lipinski definition) is 4. The summed E-state index contributed by atoms with van der Waals surface area (Å²) in [5.74, 6) is -6.27. The van der Waals surface area contributed by atoms with Gasteiger partial charge in [-0.15, -0.1) is 0 Å². The van der Waals surface area contributed by atoms with E-state index in [1.807, 2.05) is 0 Å². The van der Waals surface area contributed by atoms with E-state index in [1.165, 1.54) is 13.8 Å². The summed E-state index contributed by atoms with van der Waals surface area (Å²) < 4.78 is 54.5. The van der Waals surface area contributed by atoms with E-state index >= 15 is 0 Å². The molecule has 1 saturated heterocycles. The highest BCUT2D eigenvalue weighted by Crippen LogP contribution is 2.39. The number of carbonyl (C=O) groups is 1. The highest BCUT2D eigenvalue weighted by Gasteiger charge is 2.49. The molecule has 1 fully saturated rings. The van der Waals surface area contributed by atoms with Gasteiger partial charge in [-0.1, -0.05) is 13.8 Å². The lowest BCUT2D eigenvalue weighted by Gasteiger charge is -2.40. The first-order chi connectivity index (χ1) is 10.0. The second-order valence-electron chi connectivity index (χ2n) is 5.57. The second-order valence-corrected chi connectivity index (χ2v) is 7.50. The number of carboxylic acids is 1. The molecule has 2 rings (SSSR count). The Morgan fingerprint density at radius 2 is 1.95 bits per heavy atom. The van der Waals surface area contributed by atoms with E-state index in [9.17, 15) is 22.0 Å². The van der Waals surface area contributed by atoms with Crippen molar-refractivity contribution in [1.82, 2.24) is 14.1 Å². The Labute approximate surface area is 126 Å². The smallest absolute Gasteiger partial charge is 0.325 e. The third kappa shape index (κ3) is 2.98. The van der Waals surface area contributed by atoms with Gasteiger partial charge in [-0.05, 0) is 0 Å². The Hall–Kier alpha value is -1.55. The fraction of sp³-hybridized carbons (Fsp3) is 0.667. The first-order valence-corrected chi connectivity index (χ1v) is 8.11. The van der Waals surface area contributed by atoms with Crippen LogP contribution in [0.25, 0.3) is 0 Å². The monoisotopic (exact) mass is 337 g/mol. The van der Waals surface area contributed by atoms with Crippen molar-refractivity contribution in [3.05, 3.63) is 12.4 Å². The van der Waals surface area contributed by atoms with Gasteiger partial charge in [0, 0.05) is 31.1 Å². The molecule has 2 heterocycles. The van der Waals surface area contributed by atoms with Crippen molar-refractivity contribution >= 4 is 16.0 Å². The van der Waals surface area contributed by atoms with Gasteiger partial charge in [-0.3, -0.25) is 9.48 Å². The van der Waals surface area contributed by atoms with Crippen LogP contribution in [0.3, 0.4) is 0 Å². The van der Waals surface area contributed by atoms with Crippen LogP contribution in [0.2, 0.25) is 0 Å². The number of hydrogen-bond donors (Lipinski definition) is 1. The Balaban J connectivity index is 2.24. The van der Waals surface area contributed by atoms with Crippen molar-refractivity contribution in [2.24, 2.45) is 11.8 Å². The van der Waals surface area contributed by atoms with E-state index in [4.69, 9.17) is 5.11 Å². The van der Waals surface area contributed by atoms with Crippen LogP contribution >= 0.6 is 0 Å². The zero-order valence-electron chi connectivity index (χ0n) is 12.1. The van der Waals surface area contributed by atoms with E-state index in [1.54, 1.807) is 0 Å². The number of carboxylic acid groups (broad SMARTS) is 1. The van der Waals surface area contributed by atoms with Gasteiger partial charge in [0.25, 0.3) is 5.92 Å². The van der Waals surface area contributed by atoms with Crippen molar-refractivity contribution in [2.75, 3.05) is 13.1 Å². The van der Waals surface area contributed by atoms with Crippen LogP contribution in [0.4, 0.5) is 8.78 Å². The molecule has 7 nitrogen and oxygen atoms in total. The lowest BCUT2D eigenvalue weighted by atomic mass is 9.88. The number of alkyl halides is 2. The molecule has 124 valence electrons. The topological polar surface area (TPSA) is 92.5 Å². The molecule has 0 aromatic carbocycles. The average molecular weight is 337 g/mol. The maximum Gasteiger partial charge on any atom is 0.325 e. The molecule has 22 heavy (non-hydrogen) atoms. The van der Waals surface area contributed by atoms with Gasteiger partial charge in [0.15, 0.2) is 0 Å². The molecule has 0 bridgehead atoms. The van der Waals surface area contributed by atoms with Gasteiger partial charge in [0.2, 0.25) is 10.0 Å². The quantitative estimate of drug-likeness (QED) is 0.880. The van der Waals surface area contributed by atoms with Crippen LogP contribution in [0.15, 0.2) is 17.3 Å². The number of rotatable bonds is 4. The summed E-state index contributed by atoms with van der Waals surface area (Å²) in [6.45, 7) is 1.58. The Bertz CT molecular complexity index is 660. The summed E-state index contributed by atoms with van der Waals surface area (Å²) in [4.78, 5) is 10.4. The van der Waals surface area contributed by atoms with Gasteiger partial charge in [-0.25, -0.2) is 17.2 Å². The van der Waals surface area contributed by atoms with Crippen LogP contribution in [0, 0.1) is 11.8 Å². The zero-order chi connectivity index (χ0) is 16.7. The number of aliphatic carboxylic acids is 1. The summed E-state index contributed by atoms with van der Waals surface area (Å²) in [7, 11) is -3.97. The molecule has 1 N–H and O–H groups in total. The van der Waals surface area contributed by atoms with Crippen molar-refractivity contribution in [2.45, 2.75) is 31.2 Å². The molecule has 0 spiro atoms. The Kier molecular flexibility index (Phi) is 4.26. The van der Waals surface area contributed by atoms with E-state index in [0.29, 0.717) is 0 Å². The van der Waals surface area contributed by atoms with E-state index in [0.717, 1.165) is 21.4 Å². The maximum absolute atomic E-state index is 13.8. The molecule has 2 atom stereocenters. The summed E-state index contributed by atoms with van der Waals surface area (Å²) in [6, 6.07) is 0. The lowest BCUT2D eigenvalue weighted by Crippen LogP contribution is -2.53. The summed E-state index contributed by atoms with van der Waals surface area (Å²) in [6.07, 6.45) is 2.12. The zero-order valence-corrected chi connectivity index (χ0v) is 12.9. The van der Waals surface area contributed by atoms with E-state index in [2.05, 4.69) is 5.10 Å². The van der Waals surface area contributed by atoms with Crippen molar-refractivity contribution in [3.8, 4) is 0 Å². The molecule has 1 aromatic heterocycles. The van der Waals surface area contributed by atoms with Gasteiger partial charge in [-0.2, -0.15) is 9.40 Å². The first kappa shape index (κ1) is 16.8. The number of halogens is 2. The SMILES string of the molecule is CC1CN(S(=O)(=O)c2cnn(CC(=O)O)c2)CC(C)C1(F)F. The van der Waals surface area contributed by atoms with Crippen molar-refractivity contribution in [1.29, 1.82) is 0 Å². The molecule has 1 aliphatic heterocycles. The Morgan fingerprint density at radius 1 is 1.41 bits per heavy atom. The average Bonchev–Trinajstić information content (AvgIpc) is 2.84. The predicted octanol–water partition coefficient (Wildman–Crippen LogP) is 0.880. The molecule has 0 aliphatic carbocycles. The molecular weight excluding hydrogens is 320 g/mol. The highest BCUT2D eigenvalue weighted by atomic mass is 32.2. The van der Waals surface area contributed by atoms with Gasteiger partial charge < -0.3 is 5.11 Å². The van der Waals surface area contributed by atoms with Crippen LogP contribution in [-0.4, -0.2) is 52.6 Å². The van der Waals surface area contributed by atoms with Gasteiger partial charge >= 0.3 is 5.97 Å². The molecule has 2 unspecified atom stereocenters. The van der Waals surface area contributed by atoms with E-state index in [-0.39, 0.29) is 18.0 Å². The highest BCUT2D eigenvalue weighted by molar-refractivity contribution is 7.89. The predicted molar refractivity (Wildman–Crippen MR) is 71.9 cm³/mol. The van der Waals surface area contributed by atoms with Crippen LogP contribution in [0.5, 0.6) is 0 Å². The molecule has 1 aliphatic rings. The third-order valence-electron chi connectivity index (χ3n) is 3.81. The fourth-order valence-corrected chi connectivity index (χ4v) is 4.04. The van der Waals surface area contributed by atoms with Crippen LogP contribution in [-0.2, 0) is 21.4 Å². The van der Waals surface area contributed by atoms with Crippen LogP contribution < -0.4 is 0 Å². The largest absolute Gasteiger partial charge is 0.480 e. The molecule has 0 amide bonds. The molecular formula is C12H17F2N3O4S. The second kappa shape index (κ2) is 5.58. The summed E-state index contributed by atoms with van der Waals surface area (Å²) >= 11 is 0. The number of aromatic nitrogens is 2. The van der Waals surface area contributed by atoms with E-state index < -0.39 is 40.3 Å². The number of nitrogens with zero attached hydrogens (tertiary/aromatic N) is 3. The third-order valence-corrected chi connectivity index (χ3v) is 5.60. The summed E-state index contributed by atoms with van der Waals surface area (Å²) in [5.41, 5.74) is 0. The minimum absolute atomic E-state index is 0.196. The number of piperidine rings is 1. The Morgan fingerprint density at radius 3 is 2.45 bits per heavy atom. The molecule has 0 radical (unpaired) electrons. The van der Waals surface area contributed by atoms with Crippen molar-refractivity contribution < 1.29 is 27.1 Å². The molecule has 10 heteroatoms. The standard InChI is InChI=1S/C12H17F2N3O4S/c1-8-4-17(5-9(2)12(8,13)14)22(20,21)10-3-15-16(6-10)7-11(18)19/h3,6,8-9H,4-5,7H2,1-2H3,(H,18,19). The normalized spacial score (nSPS) is 26.0. The minimum atomic E-state index is -3.97. The molecule has 0 saturated carbocycles. The number of sulfonamides is 1. The first-order valence-electron chi connectivity index (χ1n) is 6.67. The van der Waals surface area contributed by atoms with Crippen molar-refractivity contribution in [3.63, 3.8) is 0 Å². The lowest BCUT2D eigenvalue weighted by molar-refractivity contribution is -0.137. The maximum atomic E-state index is 13.8. The van der Waals surface area contributed by atoms with Gasteiger partial charge in [0.1, 0.15) is 11.4 Å². The minimum Gasteiger partial charge on any atom is -0.480 e. The summed E-state index contributed by atoms with van der Waals surface area (Å²) in [5, 5.41) is 12.3. The molecule has 1 aromatic rings. The fourth-order valence-electron chi connectivity index (χ4n) is 2.46. The van der Waals surface area contributed by atoms with Gasteiger partial charge in [0.05, 0.1) is 6.20 Å².